The third kappa shape index (κ3) is 5.19. The van der Waals surface area contributed by atoms with Gasteiger partial charge in [0.2, 0.25) is 0 Å². The van der Waals surface area contributed by atoms with Crippen molar-refractivity contribution < 1.29 is 14.3 Å². The minimum atomic E-state index is -0.273. The topological polar surface area (TPSA) is 65.4 Å². The molecule has 0 aliphatic heterocycles. The molecule has 6 nitrogen and oxygen atoms in total. The molecule has 0 bridgehead atoms. The second-order valence-corrected chi connectivity index (χ2v) is 7.61. The Balaban J connectivity index is 1.67. The van der Waals surface area contributed by atoms with E-state index in [1.807, 2.05) is 49.4 Å². The smallest absolute Gasteiger partial charge is 0.310 e. The summed E-state index contributed by atoms with van der Waals surface area (Å²) < 4.78 is 12.8. The lowest BCUT2D eigenvalue weighted by Crippen LogP contribution is -2.31. The van der Waals surface area contributed by atoms with Gasteiger partial charge < -0.3 is 19.4 Å². The predicted octanol–water partition coefficient (Wildman–Crippen LogP) is 4.14. The average Bonchev–Trinajstić information content (AvgIpc) is 3.12. The van der Waals surface area contributed by atoms with Crippen LogP contribution in [0.4, 0.5) is 0 Å². The van der Waals surface area contributed by atoms with Crippen LogP contribution in [0.15, 0.2) is 48.5 Å². The zero-order chi connectivity index (χ0) is 21.5. The first kappa shape index (κ1) is 21.8. The van der Waals surface area contributed by atoms with Gasteiger partial charge in [-0.25, -0.2) is 4.98 Å². The van der Waals surface area contributed by atoms with Crippen LogP contribution in [0.3, 0.4) is 0 Å². The van der Waals surface area contributed by atoms with Gasteiger partial charge in [0, 0.05) is 12.6 Å². The molecule has 160 valence electrons. The average molecular weight is 410 g/mol. The summed E-state index contributed by atoms with van der Waals surface area (Å²) in [5.74, 6) is 1.32. The summed E-state index contributed by atoms with van der Waals surface area (Å²) in [5.41, 5.74) is 3.19. The van der Waals surface area contributed by atoms with Crippen molar-refractivity contribution >= 4 is 17.0 Å². The van der Waals surface area contributed by atoms with E-state index in [2.05, 4.69) is 29.8 Å². The molecule has 3 rings (SSSR count). The summed E-state index contributed by atoms with van der Waals surface area (Å²) in [4.78, 5) is 17.1. The van der Waals surface area contributed by atoms with Crippen molar-refractivity contribution in [2.24, 2.45) is 5.92 Å². The molecule has 1 heterocycles. The molecule has 0 spiro atoms. The lowest BCUT2D eigenvalue weighted by molar-refractivity contribution is -0.145. The van der Waals surface area contributed by atoms with Gasteiger partial charge in [-0.05, 0) is 57.0 Å². The Bertz CT molecular complexity index is 963. The van der Waals surface area contributed by atoms with Gasteiger partial charge in [-0.3, -0.25) is 4.79 Å². The number of imidazole rings is 1. The summed E-state index contributed by atoms with van der Waals surface area (Å²) in [6, 6.07) is 16.3. The van der Waals surface area contributed by atoms with E-state index in [9.17, 15) is 4.79 Å². The summed E-state index contributed by atoms with van der Waals surface area (Å²) in [6.07, 6.45) is 0.604. The molecule has 0 saturated carbocycles. The molecule has 0 amide bonds. The van der Waals surface area contributed by atoms with E-state index in [0.717, 1.165) is 28.2 Å². The fraction of sp³-hybridized carbons (Fsp3) is 0.417. The number of nitrogens with zero attached hydrogens (tertiary/aromatic N) is 2. The molecule has 1 unspecified atom stereocenters. The Hall–Kier alpha value is -2.86. The Labute approximate surface area is 178 Å². The number of para-hydroxylation sites is 2. The highest BCUT2D eigenvalue weighted by molar-refractivity contribution is 5.76. The highest BCUT2D eigenvalue weighted by Gasteiger charge is 2.20. The predicted molar refractivity (Wildman–Crippen MR) is 119 cm³/mol. The Morgan fingerprint density at radius 2 is 1.87 bits per heavy atom. The van der Waals surface area contributed by atoms with Crippen LogP contribution >= 0.6 is 0 Å². The van der Waals surface area contributed by atoms with Gasteiger partial charge in [-0.1, -0.05) is 24.3 Å². The minimum Gasteiger partial charge on any atom is -0.494 e. The molecule has 1 N–H and O–H groups in total. The molecule has 6 heteroatoms. The molecule has 0 saturated heterocycles. The second-order valence-electron chi connectivity index (χ2n) is 7.61. The van der Waals surface area contributed by atoms with Crippen molar-refractivity contribution in [1.29, 1.82) is 0 Å². The van der Waals surface area contributed by atoms with E-state index >= 15 is 0 Å². The van der Waals surface area contributed by atoms with Gasteiger partial charge in [-0.2, -0.15) is 0 Å². The number of hydrogen-bond donors (Lipinski definition) is 1. The number of ether oxygens (including phenoxy) is 2. The summed E-state index contributed by atoms with van der Waals surface area (Å²) >= 11 is 0. The van der Waals surface area contributed by atoms with Crippen LogP contribution in [0.25, 0.3) is 11.0 Å². The molecule has 0 aliphatic carbocycles. The number of methoxy groups -OCH3 is 1. The fourth-order valence-electron chi connectivity index (χ4n) is 3.73. The molecular formula is C24H31N3O3. The Morgan fingerprint density at radius 1 is 1.13 bits per heavy atom. The largest absolute Gasteiger partial charge is 0.494 e. The van der Waals surface area contributed by atoms with Gasteiger partial charge in [0.15, 0.2) is 0 Å². The third-order valence-corrected chi connectivity index (χ3v) is 5.11. The van der Waals surface area contributed by atoms with E-state index in [4.69, 9.17) is 14.5 Å². The number of hydrogen-bond acceptors (Lipinski definition) is 5. The fourth-order valence-corrected chi connectivity index (χ4v) is 3.73. The molecule has 2 aromatic carbocycles. The van der Waals surface area contributed by atoms with Gasteiger partial charge >= 0.3 is 5.97 Å². The normalized spacial score (nSPS) is 12.3. The highest BCUT2D eigenvalue weighted by Crippen LogP contribution is 2.21. The Morgan fingerprint density at radius 3 is 2.53 bits per heavy atom. The number of fused-ring (bicyclic) bond motifs is 1. The number of esters is 1. The highest BCUT2D eigenvalue weighted by atomic mass is 16.5. The van der Waals surface area contributed by atoms with E-state index in [0.29, 0.717) is 32.2 Å². The summed E-state index contributed by atoms with van der Waals surface area (Å²) in [6.45, 7) is 8.00. The van der Waals surface area contributed by atoms with Crippen molar-refractivity contribution in [3.8, 4) is 5.75 Å². The van der Waals surface area contributed by atoms with Crippen LogP contribution in [0, 0.1) is 5.92 Å². The standard InChI is InChI=1S/C24H31N3O3/c1-5-30-20-12-10-18(11-13-20)14-19(24(28)29-4)15-25-16-23-26-21-8-6-7-9-22(21)27(23)17(2)3/h6-13,17,19,25H,5,14-16H2,1-4H3. The SMILES string of the molecule is CCOc1ccc(CC(CNCc2nc3ccccc3n2C(C)C)C(=O)OC)cc1. The summed E-state index contributed by atoms with van der Waals surface area (Å²) in [7, 11) is 1.44. The monoisotopic (exact) mass is 409 g/mol. The number of carbonyl (C=O) groups is 1. The van der Waals surface area contributed by atoms with Crippen LogP contribution in [0.5, 0.6) is 5.75 Å². The number of benzene rings is 2. The maximum absolute atomic E-state index is 12.3. The van der Waals surface area contributed by atoms with Crippen LogP contribution in [0.1, 0.15) is 38.2 Å². The van der Waals surface area contributed by atoms with Crippen molar-refractivity contribution in [3.05, 3.63) is 59.9 Å². The number of nitrogens with one attached hydrogen (secondary N) is 1. The molecule has 3 aromatic rings. The maximum atomic E-state index is 12.3. The lowest BCUT2D eigenvalue weighted by Gasteiger charge is -2.17. The van der Waals surface area contributed by atoms with Crippen LogP contribution in [0.2, 0.25) is 0 Å². The third-order valence-electron chi connectivity index (χ3n) is 5.11. The summed E-state index contributed by atoms with van der Waals surface area (Å²) in [5, 5.41) is 3.42. The van der Waals surface area contributed by atoms with Crippen molar-refractivity contribution in [2.45, 2.75) is 39.8 Å². The van der Waals surface area contributed by atoms with Crippen molar-refractivity contribution in [3.63, 3.8) is 0 Å². The van der Waals surface area contributed by atoms with E-state index in [-0.39, 0.29) is 11.9 Å². The zero-order valence-electron chi connectivity index (χ0n) is 18.2. The first-order valence-corrected chi connectivity index (χ1v) is 10.5. The molecule has 30 heavy (non-hydrogen) atoms. The minimum absolute atomic E-state index is 0.214. The quantitative estimate of drug-likeness (QED) is 0.510. The van der Waals surface area contributed by atoms with Gasteiger partial charge in [0.25, 0.3) is 0 Å². The molecule has 1 aromatic heterocycles. The van der Waals surface area contributed by atoms with E-state index in [1.165, 1.54) is 7.11 Å². The molecule has 0 aliphatic rings. The molecule has 0 radical (unpaired) electrons. The first-order chi connectivity index (χ1) is 14.5. The molecule has 0 fully saturated rings. The Kier molecular flexibility index (Phi) is 7.46. The number of carbonyl (C=O) groups excluding carboxylic acids is 1. The first-order valence-electron chi connectivity index (χ1n) is 10.5. The van der Waals surface area contributed by atoms with Crippen molar-refractivity contribution in [2.75, 3.05) is 20.3 Å². The zero-order valence-corrected chi connectivity index (χ0v) is 18.2. The van der Waals surface area contributed by atoms with Crippen LogP contribution in [-0.4, -0.2) is 35.8 Å². The maximum Gasteiger partial charge on any atom is 0.310 e. The van der Waals surface area contributed by atoms with Gasteiger partial charge in [0.1, 0.15) is 11.6 Å². The molecular weight excluding hydrogens is 378 g/mol. The van der Waals surface area contributed by atoms with E-state index < -0.39 is 0 Å². The van der Waals surface area contributed by atoms with Gasteiger partial charge in [-0.15, -0.1) is 0 Å². The number of aromatic nitrogens is 2. The van der Waals surface area contributed by atoms with Crippen LogP contribution < -0.4 is 10.1 Å². The lowest BCUT2D eigenvalue weighted by atomic mass is 9.99. The molecule has 1 atom stereocenters. The van der Waals surface area contributed by atoms with Gasteiger partial charge in [0.05, 0.1) is 37.2 Å². The van der Waals surface area contributed by atoms with E-state index in [1.54, 1.807) is 0 Å². The number of rotatable bonds is 10. The van der Waals surface area contributed by atoms with Crippen LogP contribution in [-0.2, 0) is 22.5 Å². The van der Waals surface area contributed by atoms with Crippen molar-refractivity contribution in [1.82, 2.24) is 14.9 Å². The second kappa shape index (κ2) is 10.3.